The Bertz CT molecular complexity index is 692. The summed E-state index contributed by atoms with van der Waals surface area (Å²) in [4.78, 5) is 12.4. The normalized spacial score (nSPS) is 9.81. The van der Waals surface area contributed by atoms with Crippen molar-refractivity contribution in [2.24, 2.45) is 5.73 Å². The summed E-state index contributed by atoms with van der Waals surface area (Å²) >= 11 is 0. The predicted molar refractivity (Wildman–Crippen MR) is 105 cm³/mol. The van der Waals surface area contributed by atoms with Gasteiger partial charge in [0.05, 0.1) is 13.2 Å². The van der Waals surface area contributed by atoms with Gasteiger partial charge < -0.3 is 25.3 Å². The molecule has 1 amide bonds. The van der Waals surface area contributed by atoms with Gasteiger partial charge in [-0.05, 0) is 56.3 Å². The summed E-state index contributed by atoms with van der Waals surface area (Å²) in [6.45, 7) is 5.73. The Labute approximate surface area is 160 Å². The fourth-order valence-corrected chi connectivity index (χ4v) is 2.21. The molecule has 0 atom stereocenters. The molecule has 2 aromatic rings. The van der Waals surface area contributed by atoms with Crippen molar-refractivity contribution < 1.29 is 19.0 Å². The smallest absolute Gasteiger partial charge is 0.255 e. The lowest BCUT2D eigenvalue weighted by Gasteiger charge is -2.12. The summed E-state index contributed by atoms with van der Waals surface area (Å²) in [5.74, 6) is 1.67. The number of rotatable bonds is 9. The average Bonchev–Trinajstić information content (AvgIpc) is 2.63. The average molecular weight is 381 g/mol. The molecule has 2 aromatic carbocycles. The van der Waals surface area contributed by atoms with Crippen LogP contribution < -0.4 is 25.3 Å². The molecular weight excluding hydrogens is 356 g/mol. The first-order chi connectivity index (χ1) is 12.2. The molecule has 26 heavy (non-hydrogen) atoms. The third-order valence-electron chi connectivity index (χ3n) is 3.30. The van der Waals surface area contributed by atoms with Crippen molar-refractivity contribution in [2.45, 2.75) is 13.8 Å². The maximum absolute atomic E-state index is 12.4. The largest absolute Gasteiger partial charge is 0.492 e. The zero-order valence-corrected chi connectivity index (χ0v) is 15.8. The standard InChI is InChI=1S/C19H24N2O4.ClH/c1-3-23-17-10-5-14(13-18(17)24-4-2)19(22)21-15-6-8-16(9-7-15)25-12-11-20;/h5-10,13H,3-4,11-12,20H2,1-2H3,(H,21,22);1H. The van der Waals surface area contributed by atoms with Crippen LogP contribution in [0.25, 0.3) is 0 Å². The van der Waals surface area contributed by atoms with Crippen LogP contribution in [-0.4, -0.2) is 32.3 Å². The number of carbonyl (C=O) groups excluding carboxylic acids is 1. The molecule has 0 saturated heterocycles. The van der Waals surface area contributed by atoms with Gasteiger partial charge in [0.15, 0.2) is 11.5 Å². The highest BCUT2D eigenvalue weighted by Crippen LogP contribution is 2.29. The van der Waals surface area contributed by atoms with Gasteiger partial charge in [0.25, 0.3) is 5.91 Å². The number of anilines is 1. The Morgan fingerprint density at radius 2 is 1.62 bits per heavy atom. The van der Waals surface area contributed by atoms with Crippen LogP contribution in [0.15, 0.2) is 42.5 Å². The Morgan fingerprint density at radius 1 is 0.962 bits per heavy atom. The molecule has 0 spiro atoms. The first-order valence-electron chi connectivity index (χ1n) is 8.31. The summed E-state index contributed by atoms with van der Waals surface area (Å²) in [7, 11) is 0. The van der Waals surface area contributed by atoms with E-state index in [0.29, 0.717) is 54.9 Å². The molecule has 0 saturated carbocycles. The molecule has 0 bridgehead atoms. The minimum atomic E-state index is -0.223. The van der Waals surface area contributed by atoms with Crippen LogP contribution in [0.4, 0.5) is 5.69 Å². The van der Waals surface area contributed by atoms with Crippen LogP contribution in [0.3, 0.4) is 0 Å². The molecule has 7 heteroatoms. The van der Waals surface area contributed by atoms with E-state index in [1.807, 2.05) is 13.8 Å². The Hall–Kier alpha value is -2.44. The molecule has 6 nitrogen and oxygen atoms in total. The van der Waals surface area contributed by atoms with Gasteiger partial charge in [-0.25, -0.2) is 0 Å². The quantitative estimate of drug-likeness (QED) is 0.695. The molecule has 0 aliphatic carbocycles. The minimum absolute atomic E-state index is 0. The number of hydrogen-bond donors (Lipinski definition) is 2. The van der Waals surface area contributed by atoms with Crippen molar-refractivity contribution in [2.75, 3.05) is 31.7 Å². The monoisotopic (exact) mass is 380 g/mol. The van der Waals surface area contributed by atoms with Crippen LogP contribution in [-0.2, 0) is 0 Å². The lowest BCUT2D eigenvalue weighted by molar-refractivity contribution is 0.102. The first kappa shape index (κ1) is 21.6. The van der Waals surface area contributed by atoms with Crippen LogP contribution >= 0.6 is 12.4 Å². The highest BCUT2D eigenvalue weighted by atomic mass is 35.5. The summed E-state index contributed by atoms with van der Waals surface area (Å²) in [6.07, 6.45) is 0. The van der Waals surface area contributed by atoms with Crippen molar-refractivity contribution in [1.82, 2.24) is 0 Å². The van der Waals surface area contributed by atoms with Gasteiger partial charge in [-0.3, -0.25) is 4.79 Å². The van der Waals surface area contributed by atoms with E-state index in [4.69, 9.17) is 19.9 Å². The van der Waals surface area contributed by atoms with Crippen LogP contribution in [0, 0.1) is 0 Å². The van der Waals surface area contributed by atoms with Crippen molar-refractivity contribution in [3.8, 4) is 17.2 Å². The third-order valence-corrected chi connectivity index (χ3v) is 3.30. The van der Waals surface area contributed by atoms with Gasteiger partial charge in [0, 0.05) is 17.8 Å². The predicted octanol–water partition coefficient (Wildman–Crippen LogP) is 3.50. The van der Waals surface area contributed by atoms with Gasteiger partial charge in [-0.1, -0.05) is 0 Å². The lowest BCUT2D eigenvalue weighted by Crippen LogP contribution is -2.13. The van der Waals surface area contributed by atoms with E-state index >= 15 is 0 Å². The summed E-state index contributed by atoms with van der Waals surface area (Å²) in [5, 5.41) is 2.85. The number of benzene rings is 2. The maximum Gasteiger partial charge on any atom is 0.255 e. The minimum Gasteiger partial charge on any atom is -0.492 e. The number of ether oxygens (including phenoxy) is 3. The van der Waals surface area contributed by atoms with Gasteiger partial charge in [-0.2, -0.15) is 0 Å². The molecule has 0 aliphatic heterocycles. The van der Waals surface area contributed by atoms with Crippen molar-refractivity contribution in [3.63, 3.8) is 0 Å². The second kappa shape index (κ2) is 11.2. The van der Waals surface area contributed by atoms with E-state index in [2.05, 4.69) is 5.32 Å². The number of halogens is 1. The van der Waals surface area contributed by atoms with Crippen molar-refractivity contribution in [3.05, 3.63) is 48.0 Å². The lowest BCUT2D eigenvalue weighted by atomic mass is 10.1. The van der Waals surface area contributed by atoms with E-state index in [9.17, 15) is 4.79 Å². The number of nitrogens with one attached hydrogen (secondary N) is 1. The first-order valence-corrected chi connectivity index (χ1v) is 8.31. The molecule has 0 radical (unpaired) electrons. The molecule has 0 aromatic heterocycles. The van der Waals surface area contributed by atoms with Gasteiger partial charge in [0.1, 0.15) is 12.4 Å². The fourth-order valence-electron chi connectivity index (χ4n) is 2.21. The summed E-state index contributed by atoms with van der Waals surface area (Å²) < 4.78 is 16.5. The van der Waals surface area contributed by atoms with Gasteiger partial charge in [0.2, 0.25) is 0 Å². The summed E-state index contributed by atoms with van der Waals surface area (Å²) in [5.41, 5.74) is 6.57. The molecule has 0 aliphatic rings. The zero-order chi connectivity index (χ0) is 18.1. The van der Waals surface area contributed by atoms with E-state index < -0.39 is 0 Å². The molecule has 3 N–H and O–H groups in total. The number of hydrogen-bond acceptors (Lipinski definition) is 5. The van der Waals surface area contributed by atoms with Crippen molar-refractivity contribution >= 4 is 24.0 Å². The Morgan fingerprint density at radius 3 is 2.23 bits per heavy atom. The number of amides is 1. The summed E-state index contributed by atoms with van der Waals surface area (Å²) in [6, 6.07) is 12.3. The molecule has 0 fully saturated rings. The number of carbonyl (C=O) groups is 1. The van der Waals surface area contributed by atoms with E-state index in [0.717, 1.165) is 0 Å². The SMILES string of the molecule is CCOc1ccc(C(=O)Nc2ccc(OCCN)cc2)cc1OCC.Cl. The molecular formula is C19H25ClN2O4. The second-order valence-corrected chi connectivity index (χ2v) is 5.14. The van der Waals surface area contributed by atoms with E-state index in [-0.39, 0.29) is 18.3 Å². The van der Waals surface area contributed by atoms with E-state index in [1.165, 1.54) is 0 Å². The van der Waals surface area contributed by atoms with Gasteiger partial charge in [-0.15, -0.1) is 12.4 Å². The molecule has 0 unspecified atom stereocenters. The van der Waals surface area contributed by atoms with Crippen molar-refractivity contribution in [1.29, 1.82) is 0 Å². The Kier molecular flexibility index (Phi) is 9.33. The zero-order valence-electron chi connectivity index (χ0n) is 15.0. The second-order valence-electron chi connectivity index (χ2n) is 5.14. The highest BCUT2D eigenvalue weighted by Gasteiger charge is 2.12. The van der Waals surface area contributed by atoms with Gasteiger partial charge >= 0.3 is 0 Å². The van der Waals surface area contributed by atoms with Crippen LogP contribution in [0.2, 0.25) is 0 Å². The van der Waals surface area contributed by atoms with Crippen LogP contribution in [0.5, 0.6) is 17.2 Å². The Balaban J connectivity index is 0.00000338. The third kappa shape index (κ3) is 6.13. The topological polar surface area (TPSA) is 82.8 Å². The number of nitrogens with two attached hydrogens (primary N) is 1. The fraction of sp³-hybridized carbons (Fsp3) is 0.316. The molecule has 2 rings (SSSR count). The maximum atomic E-state index is 12.4. The molecule has 142 valence electrons. The van der Waals surface area contributed by atoms with Crippen LogP contribution in [0.1, 0.15) is 24.2 Å². The van der Waals surface area contributed by atoms with E-state index in [1.54, 1.807) is 42.5 Å². The molecule has 0 heterocycles. The highest BCUT2D eigenvalue weighted by molar-refractivity contribution is 6.04.